The smallest absolute Gasteiger partial charge is 0.243 e. The molecule has 0 amide bonds. The molecular formula is C20H24N4O2S. The zero-order valence-electron chi connectivity index (χ0n) is 15.7. The third kappa shape index (κ3) is 3.26. The minimum absolute atomic E-state index is 0.0818. The number of pyridine rings is 1. The lowest BCUT2D eigenvalue weighted by molar-refractivity contribution is 0.470. The highest BCUT2D eigenvalue weighted by atomic mass is 32.2. The number of benzene rings is 1. The van der Waals surface area contributed by atoms with Crippen LogP contribution in [0.4, 0.5) is 0 Å². The van der Waals surface area contributed by atoms with Crippen LogP contribution in [0.15, 0.2) is 47.5 Å². The number of sulfonamides is 1. The third-order valence-electron chi connectivity index (χ3n) is 5.28. The van der Waals surface area contributed by atoms with E-state index in [9.17, 15) is 8.42 Å². The number of aromatic nitrogens is 3. The second-order valence-electron chi connectivity index (χ2n) is 7.12. The molecule has 0 radical (unpaired) electrons. The van der Waals surface area contributed by atoms with Gasteiger partial charge in [-0.25, -0.2) is 18.4 Å². The van der Waals surface area contributed by atoms with E-state index < -0.39 is 10.0 Å². The van der Waals surface area contributed by atoms with Crippen LogP contribution < -0.4 is 0 Å². The van der Waals surface area contributed by atoms with Crippen LogP contribution in [-0.4, -0.2) is 40.3 Å². The van der Waals surface area contributed by atoms with E-state index in [4.69, 9.17) is 4.98 Å². The molecule has 1 unspecified atom stereocenters. The zero-order chi connectivity index (χ0) is 19.0. The van der Waals surface area contributed by atoms with Gasteiger partial charge >= 0.3 is 0 Å². The van der Waals surface area contributed by atoms with Gasteiger partial charge in [0.2, 0.25) is 10.0 Å². The van der Waals surface area contributed by atoms with Gasteiger partial charge < -0.3 is 4.57 Å². The summed E-state index contributed by atoms with van der Waals surface area (Å²) in [7, 11) is -1.53. The standard InChI is InChI=1S/C20H24N4O2S/c1-3-5-15-7-9-17(10-8-15)27(25,26)24-13-11-16(14-24)19-22-18-6-4-12-21-20(18)23(19)2/h4,6-10,12,16H,3,5,11,13-14H2,1-2H3. The molecule has 2 aromatic heterocycles. The maximum atomic E-state index is 13.0. The van der Waals surface area contributed by atoms with Gasteiger partial charge in [0.1, 0.15) is 11.3 Å². The van der Waals surface area contributed by atoms with Crippen LogP contribution in [0.3, 0.4) is 0 Å². The molecule has 1 fully saturated rings. The number of nitrogens with zero attached hydrogens (tertiary/aromatic N) is 4. The van der Waals surface area contributed by atoms with Crippen LogP contribution >= 0.6 is 0 Å². The first-order chi connectivity index (χ1) is 13.0. The van der Waals surface area contributed by atoms with E-state index in [0.717, 1.165) is 36.3 Å². The first-order valence-electron chi connectivity index (χ1n) is 9.37. The summed E-state index contributed by atoms with van der Waals surface area (Å²) < 4.78 is 29.6. The van der Waals surface area contributed by atoms with Crippen LogP contribution in [0, 0.1) is 0 Å². The van der Waals surface area contributed by atoms with Crippen LogP contribution in [0.5, 0.6) is 0 Å². The van der Waals surface area contributed by atoms with E-state index in [1.165, 1.54) is 5.56 Å². The van der Waals surface area contributed by atoms with Crippen molar-refractivity contribution in [2.75, 3.05) is 13.1 Å². The maximum absolute atomic E-state index is 13.0. The van der Waals surface area contributed by atoms with Crippen molar-refractivity contribution in [2.45, 2.75) is 37.0 Å². The van der Waals surface area contributed by atoms with Crippen molar-refractivity contribution in [3.63, 3.8) is 0 Å². The molecule has 7 heteroatoms. The SMILES string of the molecule is CCCc1ccc(S(=O)(=O)N2CCC(c3nc4cccnc4n3C)C2)cc1. The van der Waals surface area contributed by atoms with Crippen LogP contribution in [0.25, 0.3) is 11.2 Å². The number of rotatable bonds is 5. The Morgan fingerprint density at radius 3 is 2.67 bits per heavy atom. The molecule has 1 aliphatic rings. The summed E-state index contributed by atoms with van der Waals surface area (Å²) in [5.41, 5.74) is 2.85. The highest BCUT2D eigenvalue weighted by molar-refractivity contribution is 7.89. The summed E-state index contributed by atoms with van der Waals surface area (Å²) in [5, 5.41) is 0. The van der Waals surface area contributed by atoms with Gasteiger partial charge in [0.15, 0.2) is 5.65 Å². The Balaban J connectivity index is 1.56. The molecule has 0 saturated carbocycles. The predicted molar refractivity (Wildman–Crippen MR) is 105 cm³/mol. The molecule has 0 N–H and O–H groups in total. The van der Waals surface area contributed by atoms with Gasteiger partial charge in [-0.15, -0.1) is 0 Å². The van der Waals surface area contributed by atoms with Crippen LogP contribution in [0.2, 0.25) is 0 Å². The quantitative estimate of drug-likeness (QED) is 0.678. The Morgan fingerprint density at radius 1 is 1.19 bits per heavy atom. The number of fused-ring (bicyclic) bond motifs is 1. The molecule has 6 nitrogen and oxygen atoms in total. The molecule has 3 heterocycles. The highest BCUT2D eigenvalue weighted by Gasteiger charge is 2.35. The minimum atomic E-state index is -3.47. The van der Waals surface area contributed by atoms with Crippen molar-refractivity contribution in [1.82, 2.24) is 18.8 Å². The molecule has 27 heavy (non-hydrogen) atoms. The second kappa shape index (κ2) is 7.05. The molecule has 1 aliphatic heterocycles. The fourth-order valence-corrected chi connectivity index (χ4v) is 5.33. The van der Waals surface area contributed by atoms with Crippen LogP contribution in [-0.2, 0) is 23.5 Å². The lowest BCUT2D eigenvalue weighted by Gasteiger charge is -2.17. The third-order valence-corrected chi connectivity index (χ3v) is 7.16. The molecule has 142 valence electrons. The first-order valence-corrected chi connectivity index (χ1v) is 10.8. The lowest BCUT2D eigenvalue weighted by Crippen LogP contribution is -2.29. The zero-order valence-corrected chi connectivity index (χ0v) is 16.5. The minimum Gasteiger partial charge on any atom is -0.316 e. The average Bonchev–Trinajstić information content (AvgIpc) is 3.28. The van der Waals surface area contributed by atoms with Crippen molar-refractivity contribution in [3.8, 4) is 0 Å². The van der Waals surface area contributed by atoms with Crippen molar-refractivity contribution < 1.29 is 8.42 Å². The summed E-state index contributed by atoms with van der Waals surface area (Å²) in [6, 6.07) is 11.1. The Hall–Kier alpha value is -2.25. The maximum Gasteiger partial charge on any atom is 0.243 e. The molecule has 1 aromatic carbocycles. The Morgan fingerprint density at radius 2 is 1.96 bits per heavy atom. The lowest BCUT2D eigenvalue weighted by atomic mass is 10.1. The van der Waals surface area contributed by atoms with Gasteiger partial charge in [-0.2, -0.15) is 4.31 Å². The summed E-state index contributed by atoms with van der Waals surface area (Å²) in [4.78, 5) is 9.44. The molecule has 3 aromatic rings. The molecule has 0 spiro atoms. The second-order valence-corrected chi connectivity index (χ2v) is 9.06. The van der Waals surface area contributed by atoms with E-state index >= 15 is 0 Å². The van der Waals surface area contributed by atoms with E-state index in [-0.39, 0.29) is 5.92 Å². The van der Waals surface area contributed by atoms with Crippen molar-refractivity contribution >= 4 is 21.2 Å². The molecule has 1 atom stereocenters. The Labute approximate surface area is 159 Å². The molecule has 1 saturated heterocycles. The van der Waals surface area contributed by atoms with E-state index in [2.05, 4.69) is 11.9 Å². The van der Waals surface area contributed by atoms with Gasteiger partial charge in [-0.1, -0.05) is 25.5 Å². The Bertz CT molecular complexity index is 1060. The number of hydrogen-bond acceptors (Lipinski definition) is 4. The van der Waals surface area contributed by atoms with Gasteiger partial charge in [0.05, 0.1) is 4.90 Å². The Kier molecular flexibility index (Phi) is 4.74. The molecule has 0 aliphatic carbocycles. The monoisotopic (exact) mass is 384 g/mol. The van der Waals surface area contributed by atoms with Crippen molar-refractivity contribution in [1.29, 1.82) is 0 Å². The number of imidazole rings is 1. The van der Waals surface area contributed by atoms with E-state index in [1.807, 2.05) is 35.9 Å². The number of hydrogen-bond donors (Lipinski definition) is 0. The molecule has 0 bridgehead atoms. The van der Waals surface area contributed by atoms with Gasteiger partial charge in [-0.3, -0.25) is 0 Å². The van der Waals surface area contributed by atoms with Gasteiger partial charge in [0, 0.05) is 32.3 Å². The van der Waals surface area contributed by atoms with Crippen LogP contribution in [0.1, 0.15) is 37.1 Å². The number of aryl methyl sites for hydroxylation is 2. The van der Waals surface area contributed by atoms with Crippen molar-refractivity contribution in [3.05, 3.63) is 54.0 Å². The van der Waals surface area contributed by atoms with Gasteiger partial charge in [0.25, 0.3) is 0 Å². The average molecular weight is 385 g/mol. The normalized spacial score (nSPS) is 18.4. The summed E-state index contributed by atoms with van der Waals surface area (Å²) in [6.07, 6.45) is 4.53. The molecule has 4 rings (SSSR count). The summed E-state index contributed by atoms with van der Waals surface area (Å²) in [6.45, 7) is 3.09. The highest BCUT2D eigenvalue weighted by Crippen LogP contribution is 2.31. The van der Waals surface area contributed by atoms with Crippen molar-refractivity contribution in [2.24, 2.45) is 7.05 Å². The van der Waals surface area contributed by atoms with E-state index in [0.29, 0.717) is 18.0 Å². The summed E-state index contributed by atoms with van der Waals surface area (Å²) >= 11 is 0. The predicted octanol–water partition coefficient (Wildman–Crippen LogP) is 3.10. The molecular weight excluding hydrogens is 360 g/mol. The largest absolute Gasteiger partial charge is 0.316 e. The van der Waals surface area contributed by atoms with Gasteiger partial charge in [-0.05, 0) is 42.7 Å². The fourth-order valence-electron chi connectivity index (χ4n) is 3.83. The topological polar surface area (TPSA) is 68.1 Å². The van der Waals surface area contributed by atoms with E-state index in [1.54, 1.807) is 22.6 Å². The first kappa shape index (κ1) is 18.1. The summed E-state index contributed by atoms with van der Waals surface area (Å²) in [5.74, 6) is 0.984. The fraction of sp³-hybridized carbons (Fsp3) is 0.400.